The van der Waals surface area contributed by atoms with Crippen molar-refractivity contribution in [2.75, 3.05) is 13.7 Å². The Balaban J connectivity index is 1.61. The standard InChI is InChI=1S/C40H52N2O7Si/c1-29-26-41(39(45)42(37(29)44)28-47-27-31-18-10-7-11-19-31)38-34(24-16-17-25-46-6)36(35(48-38)30(2)43)49-50(40(3,4)5,32-20-12-8-13-21-32)33-22-14-9-15-23-33/h7-15,18-23,26,30,34-36,38,43H,16-17,24-25,27-28H2,1-6H3/t30-,34-,35-,36+,38?/m1/s1. The van der Waals surface area contributed by atoms with E-state index in [0.29, 0.717) is 18.6 Å². The first kappa shape index (κ1) is 37.6. The summed E-state index contributed by atoms with van der Waals surface area (Å²) in [5.41, 5.74) is 0.378. The van der Waals surface area contributed by atoms with Gasteiger partial charge in [0.05, 0.1) is 18.8 Å². The summed E-state index contributed by atoms with van der Waals surface area (Å²) in [5.74, 6) is -0.332. The number of benzene rings is 3. The zero-order chi connectivity index (χ0) is 35.9. The maximum atomic E-state index is 14.2. The van der Waals surface area contributed by atoms with E-state index in [1.165, 1.54) is 4.57 Å². The molecule has 0 amide bonds. The van der Waals surface area contributed by atoms with Crippen LogP contribution in [0.2, 0.25) is 5.04 Å². The van der Waals surface area contributed by atoms with Crippen molar-refractivity contribution in [3.63, 3.8) is 0 Å². The smallest absolute Gasteiger partial charge is 0.335 e. The van der Waals surface area contributed by atoms with Gasteiger partial charge >= 0.3 is 5.69 Å². The van der Waals surface area contributed by atoms with Crippen LogP contribution in [0.3, 0.4) is 0 Å². The summed E-state index contributed by atoms with van der Waals surface area (Å²) in [5, 5.41) is 13.2. The van der Waals surface area contributed by atoms with Crippen molar-refractivity contribution in [3.05, 3.63) is 129 Å². The third kappa shape index (κ3) is 7.96. The summed E-state index contributed by atoms with van der Waals surface area (Å²) >= 11 is 0. The lowest BCUT2D eigenvalue weighted by Crippen LogP contribution is -2.69. The lowest BCUT2D eigenvalue weighted by molar-refractivity contribution is -0.0770. The van der Waals surface area contributed by atoms with E-state index in [9.17, 15) is 14.7 Å². The summed E-state index contributed by atoms with van der Waals surface area (Å²) in [6, 6.07) is 30.4. The number of nitrogens with zero attached hydrogens (tertiary/aromatic N) is 2. The maximum absolute atomic E-state index is 14.2. The second-order valence-corrected chi connectivity index (χ2v) is 18.6. The van der Waals surface area contributed by atoms with E-state index in [4.69, 9.17) is 18.6 Å². The minimum absolute atomic E-state index is 0.207. The molecule has 1 fully saturated rings. The number of methoxy groups -OCH3 is 1. The van der Waals surface area contributed by atoms with Gasteiger partial charge in [-0.3, -0.25) is 9.36 Å². The fraction of sp³-hybridized carbons (Fsp3) is 0.450. The molecule has 2 heterocycles. The number of unbranched alkanes of at least 4 members (excludes halogenated alkanes) is 1. The molecule has 1 unspecified atom stereocenters. The van der Waals surface area contributed by atoms with E-state index in [1.54, 1.807) is 27.2 Å². The van der Waals surface area contributed by atoms with Crippen LogP contribution in [0, 0.1) is 12.8 Å². The molecule has 4 aromatic rings. The summed E-state index contributed by atoms with van der Waals surface area (Å²) in [7, 11) is -1.42. The highest BCUT2D eigenvalue weighted by Gasteiger charge is 2.57. The molecule has 1 aliphatic heterocycles. The van der Waals surface area contributed by atoms with Crippen molar-refractivity contribution in [2.45, 2.75) is 96.8 Å². The van der Waals surface area contributed by atoms with E-state index in [0.717, 1.165) is 33.3 Å². The second-order valence-electron chi connectivity index (χ2n) is 14.3. The van der Waals surface area contributed by atoms with Crippen molar-refractivity contribution in [2.24, 2.45) is 5.92 Å². The molecule has 9 nitrogen and oxygen atoms in total. The zero-order valence-electron chi connectivity index (χ0n) is 30.2. The minimum atomic E-state index is -3.10. The number of aliphatic hydroxyl groups excluding tert-OH is 1. The molecule has 50 heavy (non-hydrogen) atoms. The molecule has 1 N–H and O–H groups in total. The van der Waals surface area contributed by atoms with Crippen LogP contribution < -0.4 is 21.6 Å². The lowest BCUT2D eigenvalue weighted by Gasteiger charge is -2.46. The van der Waals surface area contributed by atoms with Gasteiger partial charge in [0, 0.05) is 31.4 Å². The number of hydrogen-bond acceptors (Lipinski definition) is 7. The lowest BCUT2D eigenvalue weighted by atomic mass is 9.92. The number of rotatable bonds is 15. The Labute approximate surface area is 296 Å². The van der Waals surface area contributed by atoms with Gasteiger partial charge in [0.25, 0.3) is 13.9 Å². The largest absolute Gasteiger partial charge is 0.401 e. The van der Waals surface area contributed by atoms with Gasteiger partial charge in [0.1, 0.15) is 19.1 Å². The summed E-state index contributed by atoms with van der Waals surface area (Å²) in [6.07, 6.45) is 0.816. The van der Waals surface area contributed by atoms with Gasteiger partial charge in [0.2, 0.25) is 0 Å². The van der Waals surface area contributed by atoms with Crippen molar-refractivity contribution in [1.29, 1.82) is 0 Å². The van der Waals surface area contributed by atoms with Crippen molar-refractivity contribution in [3.8, 4) is 0 Å². The highest BCUT2D eigenvalue weighted by Crippen LogP contribution is 2.45. The minimum Gasteiger partial charge on any atom is -0.401 e. The van der Waals surface area contributed by atoms with E-state index < -0.39 is 44.1 Å². The number of ether oxygens (including phenoxy) is 3. The molecule has 3 aromatic carbocycles. The van der Waals surface area contributed by atoms with E-state index in [2.05, 4.69) is 45.0 Å². The first-order valence-electron chi connectivity index (χ1n) is 17.5. The van der Waals surface area contributed by atoms with Gasteiger partial charge in [-0.15, -0.1) is 0 Å². The van der Waals surface area contributed by atoms with Crippen LogP contribution in [0.5, 0.6) is 0 Å². The number of aryl methyl sites for hydroxylation is 1. The van der Waals surface area contributed by atoms with Gasteiger partial charge in [-0.05, 0) is 47.7 Å². The predicted molar refractivity (Wildman–Crippen MR) is 198 cm³/mol. The first-order valence-corrected chi connectivity index (χ1v) is 19.5. The number of aromatic nitrogens is 2. The average Bonchev–Trinajstić information content (AvgIpc) is 3.47. The molecule has 1 aromatic heterocycles. The Bertz CT molecular complexity index is 1730. The normalized spacial score (nSPS) is 20.2. The van der Waals surface area contributed by atoms with E-state index >= 15 is 0 Å². The van der Waals surface area contributed by atoms with Gasteiger partial charge in [-0.2, -0.15) is 0 Å². The first-order chi connectivity index (χ1) is 24.0. The highest BCUT2D eigenvalue weighted by atomic mass is 28.4. The number of hydrogen-bond donors (Lipinski definition) is 1. The number of aliphatic hydroxyl groups is 1. The van der Waals surface area contributed by atoms with Gasteiger partial charge in [-0.1, -0.05) is 118 Å². The van der Waals surface area contributed by atoms with Crippen LogP contribution in [0.4, 0.5) is 0 Å². The van der Waals surface area contributed by atoms with Gasteiger partial charge < -0.3 is 23.7 Å². The van der Waals surface area contributed by atoms with Crippen LogP contribution >= 0.6 is 0 Å². The molecule has 5 atom stereocenters. The maximum Gasteiger partial charge on any atom is 0.335 e. The molecular formula is C40H52N2O7Si. The predicted octanol–water partition coefficient (Wildman–Crippen LogP) is 5.15. The Morgan fingerprint density at radius 1 is 0.900 bits per heavy atom. The van der Waals surface area contributed by atoms with Crippen LogP contribution in [0.15, 0.2) is 107 Å². The molecule has 1 aliphatic rings. The summed E-state index contributed by atoms with van der Waals surface area (Å²) in [4.78, 5) is 27.5. The van der Waals surface area contributed by atoms with Crippen LogP contribution in [0.25, 0.3) is 0 Å². The average molecular weight is 701 g/mol. The summed E-state index contributed by atoms with van der Waals surface area (Å²) < 4.78 is 28.3. The molecule has 0 spiro atoms. The Morgan fingerprint density at radius 2 is 1.48 bits per heavy atom. The van der Waals surface area contributed by atoms with Crippen molar-refractivity contribution in [1.82, 2.24) is 9.13 Å². The van der Waals surface area contributed by atoms with Crippen molar-refractivity contribution < 1.29 is 23.7 Å². The molecule has 0 aliphatic carbocycles. The Hall–Kier alpha value is -3.64. The molecule has 1 saturated heterocycles. The van der Waals surface area contributed by atoms with E-state index in [1.807, 2.05) is 66.7 Å². The monoisotopic (exact) mass is 700 g/mol. The van der Waals surface area contributed by atoms with Crippen LogP contribution in [-0.2, 0) is 32.0 Å². The van der Waals surface area contributed by atoms with Gasteiger partial charge in [0.15, 0.2) is 0 Å². The topological polar surface area (TPSA) is 101 Å². The third-order valence-corrected chi connectivity index (χ3v) is 14.8. The zero-order valence-corrected chi connectivity index (χ0v) is 31.2. The molecular weight excluding hydrogens is 649 g/mol. The summed E-state index contributed by atoms with van der Waals surface area (Å²) in [6.45, 7) is 10.7. The molecule has 0 saturated carbocycles. The van der Waals surface area contributed by atoms with Gasteiger partial charge in [-0.25, -0.2) is 9.36 Å². The SMILES string of the molecule is COCCCC[C@H]1C(n2cc(C)c(=O)n(COCc3ccccc3)c2=O)O[C@H]([C@@H](C)O)[C@H]1O[Si](c1ccccc1)(c1ccccc1)C(C)(C)C. The van der Waals surface area contributed by atoms with Crippen molar-refractivity contribution >= 4 is 18.7 Å². The molecule has 10 heteroatoms. The Kier molecular flexibility index (Phi) is 12.5. The fourth-order valence-electron chi connectivity index (χ4n) is 7.27. The quantitative estimate of drug-likeness (QED) is 0.135. The Morgan fingerprint density at radius 3 is 2.02 bits per heavy atom. The third-order valence-electron chi connectivity index (χ3n) is 9.72. The molecule has 5 rings (SSSR count). The second kappa shape index (κ2) is 16.6. The van der Waals surface area contributed by atoms with Crippen LogP contribution in [0.1, 0.15) is 64.3 Å². The van der Waals surface area contributed by atoms with Crippen LogP contribution in [-0.4, -0.2) is 54.6 Å². The fourth-order valence-corrected chi connectivity index (χ4v) is 12.0. The molecule has 0 radical (unpaired) electrons. The molecule has 0 bridgehead atoms. The molecule has 268 valence electrons. The highest BCUT2D eigenvalue weighted by molar-refractivity contribution is 6.99. The van der Waals surface area contributed by atoms with E-state index in [-0.39, 0.29) is 24.3 Å².